The third-order valence-corrected chi connectivity index (χ3v) is 4.81. The number of rotatable bonds is 5. The van der Waals surface area contributed by atoms with Crippen LogP contribution >= 0.6 is 22.9 Å². The first-order chi connectivity index (χ1) is 10.7. The van der Waals surface area contributed by atoms with Gasteiger partial charge in [-0.05, 0) is 19.9 Å². The van der Waals surface area contributed by atoms with Crippen LogP contribution in [0.3, 0.4) is 0 Å². The minimum Gasteiger partial charge on any atom is -0.480 e. The molecular formula is C15H15ClN2O4S. The number of carbonyl (C=O) groups excluding carboxylic acids is 2. The number of halogens is 1. The molecule has 1 aromatic heterocycles. The van der Waals surface area contributed by atoms with Crippen molar-refractivity contribution in [1.29, 1.82) is 0 Å². The van der Waals surface area contributed by atoms with E-state index < -0.39 is 23.3 Å². The summed E-state index contributed by atoms with van der Waals surface area (Å²) in [4.78, 5) is 35.2. The first-order valence-corrected chi connectivity index (χ1v) is 7.91. The lowest BCUT2D eigenvalue weighted by Crippen LogP contribution is -2.52. The van der Waals surface area contributed by atoms with E-state index in [2.05, 4.69) is 10.6 Å². The minimum absolute atomic E-state index is 0.318. The highest BCUT2D eigenvalue weighted by atomic mass is 35.5. The number of hydrogen-bond donors (Lipinski definition) is 3. The van der Waals surface area contributed by atoms with Gasteiger partial charge in [-0.1, -0.05) is 29.8 Å². The number of carbonyl (C=O) groups is 3. The Hall–Kier alpha value is -2.12. The quantitative estimate of drug-likeness (QED) is 0.767. The highest BCUT2D eigenvalue weighted by molar-refractivity contribution is 7.21. The first-order valence-electron chi connectivity index (χ1n) is 6.72. The Morgan fingerprint density at radius 3 is 2.52 bits per heavy atom. The molecule has 2 rings (SSSR count). The predicted octanol–water partition coefficient (Wildman–Crippen LogP) is 2.26. The SMILES string of the molecule is CC(C)(NC(=O)CNC(=O)c1sc2ccccc2c1Cl)C(=O)O. The van der Waals surface area contributed by atoms with Gasteiger partial charge in [0.05, 0.1) is 11.6 Å². The number of nitrogens with one attached hydrogen (secondary N) is 2. The van der Waals surface area contributed by atoms with Crippen molar-refractivity contribution in [2.75, 3.05) is 6.54 Å². The zero-order chi connectivity index (χ0) is 17.2. The van der Waals surface area contributed by atoms with E-state index in [9.17, 15) is 14.4 Å². The van der Waals surface area contributed by atoms with E-state index in [0.29, 0.717) is 9.90 Å². The van der Waals surface area contributed by atoms with Gasteiger partial charge in [0.2, 0.25) is 5.91 Å². The van der Waals surface area contributed by atoms with E-state index >= 15 is 0 Å². The Bertz CT molecular complexity index is 785. The highest BCUT2D eigenvalue weighted by Gasteiger charge is 2.29. The van der Waals surface area contributed by atoms with Crippen molar-refractivity contribution in [2.45, 2.75) is 19.4 Å². The Labute approximate surface area is 141 Å². The van der Waals surface area contributed by atoms with Crippen LogP contribution in [-0.2, 0) is 9.59 Å². The smallest absolute Gasteiger partial charge is 0.328 e. The fourth-order valence-corrected chi connectivity index (χ4v) is 3.28. The van der Waals surface area contributed by atoms with E-state index in [0.717, 1.165) is 10.1 Å². The summed E-state index contributed by atoms with van der Waals surface area (Å²) < 4.78 is 0.874. The van der Waals surface area contributed by atoms with Crippen LogP contribution in [0, 0.1) is 0 Å². The molecule has 2 amide bonds. The summed E-state index contributed by atoms with van der Waals surface area (Å²) in [5.74, 6) is -2.23. The normalized spacial score (nSPS) is 11.3. The molecule has 1 aromatic carbocycles. The topological polar surface area (TPSA) is 95.5 Å². The van der Waals surface area contributed by atoms with Crippen molar-refractivity contribution in [3.8, 4) is 0 Å². The van der Waals surface area contributed by atoms with E-state index in [1.165, 1.54) is 25.2 Å². The standard InChI is InChI=1S/C15H15ClN2O4S/c1-15(2,14(21)22)18-10(19)7-17-13(20)12-11(16)8-5-3-4-6-9(8)23-12/h3-6H,7H2,1-2H3,(H,17,20)(H,18,19)(H,21,22). The maximum absolute atomic E-state index is 12.2. The van der Waals surface area contributed by atoms with Crippen molar-refractivity contribution in [3.63, 3.8) is 0 Å². The molecule has 8 heteroatoms. The molecule has 0 aliphatic heterocycles. The van der Waals surface area contributed by atoms with Crippen molar-refractivity contribution in [2.24, 2.45) is 0 Å². The molecule has 0 saturated heterocycles. The van der Waals surface area contributed by atoms with Gasteiger partial charge in [0.25, 0.3) is 5.91 Å². The summed E-state index contributed by atoms with van der Waals surface area (Å²) in [5.41, 5.74) is -1.41. The average molecular weight is 355 g/mol. The molecule has 6 nitrogen and oxygen atoms in total. The molecule has 0 unspecified atom stereocenters. The molecule has 0 spiro atoms. The number of carboxylic acid groups (broad SMARTS) is 1. The number of benzene rings is 1. The van der Waals surface area contributed by atoms with Gasteiger partial charge in [-0.3, -0.25) is 9.59 Å². The number of carboxylic acids is 1. The molecule has 0 fully saturated rings. The second kappa shape index (κ2) is 6.55. The zero-order valence-electron chi connectivity index (χ0n) is 12.5. The van der Waals surface area contributed by atoms with E-state index in [-0.39, 0.29) is 6.54 Å². The van der Waals surface area contributed by atoms with E-state index in [1.54, 1.807) is 0 Å². The number of thiophene rings is 1. The summed E-state index contributed by atoms with van der Waals surface area (Å²) in [6.07, 6.45) is 0. The molecule has 0 saturated carbocycles. The van der Waals surface area contributed by atoms with Crippen molar-refractivity contribution in [3.05, 3.63) is 34.2 Å². The van der Waals surface area contributed by atoms with Gasteiger partial charge in [-0.15, -0.1) is 11.3 Å². The van der Waals surface area contributed by atoms with Crippen LogP contribution in [0.5, 0.6) is 0 Å². The largest absolute Gasteiger partial charge is 0.480 e. The van der Waals surface area contributed by atoms with Gasteiger partial charge < -0.3 is 15.7 Å². The molecule has 0 bridgehead atoms. The molecule has 0 aliphatic carbocycles. The zero-order valence-corrected chi connectivity index (χ0v) is 14.0. The number of fused-ring (bicyclic) bond motifs is 1. The summed E-state index contributed by atoms with van der Waals surface area (Å²) in [7, 11) is 0. The maximum Gasteiger partial charge on any atom is 0.328 e. The second-order valence-corrected chi connectivity index (χ2v) is 6.83. The van der Waals surface area contributed by atoms with Crippen LogP contribution in [0.15, 0.2) is 24.3 Å². The monoisotopic (exact) mass is 354 g/mol. The van der Waals surface area contributed by atoms with Crippen LogP contribution in [-0.4, -0.2) is 35.0 Å². The van der Waals surface area contributed by atoms with Crippen molar-refractivity contribution < 1.29 is 19.5 Å². The van der Waals surface area contributed by atoms with Gasteiger partial charge in [-0.2, -0.15) is 0 Å². The van der Waals surface area contributed by atoms with Gasteiger partial charge in [0.15, 0.2) is 0 Å². The Morgan fingerprint density at radius 1 is 1.26 bits per heavy atom. The van der Waals surface area contributed by atoms with Crippen LogP contribution in [0.4, 0.5) is 0 Å². The third kappa shape index (κ3) is 3.80. The first kappa shape index (κ1) is 17.2. The van der Waals surface area contributed by atoms with Crippen LogP contribution < -0.4 is 10.6 Å². The fraction of sp³-hybridized carbons (Fsp3) is 0.267. The second-order valence-electron chi connectivity index (χ2n) is 5.40. The van der Waals surface area contributed by atoms with Crippen LogP contribution in [0.2, 0.25) is 5.02 Å². The van der Waals surface area contributed by atoms with Gasteiger partial charge >= 0.3 is 5.97 Å². The lowest BCUT2D eigenvalue weighted by Gasteiger charge is -2.20. The van der Waals surface area contributed by atoms with Crippen molar-refractivity contribution >= 4 is 50.8 Å². The van der Waals surface area contributed by atoms with Crippen LogP contribution in [0.1, 0.15) is 23.5 Å². The minimum atomic E-state index is -1.41. The summed E-state index contributed by atoms with van der Waals surface area (Å²) in [6.45, 7) is 2.38. The summed E-state index contributed by atoms with van der Waals surface area (Å²) in [6, 6.07) is 7.33. The fourth-order valence-electron chi connectivity index (χ4n) is 1.85. The van der Waals surface area contributed by atoms with Gasteiger partial charge in [0, 0.05) is 10.1 Å². The molecule has 122 valence electrons. The van der Waals surface area contributed by atoms with Gasteiger partial charge in [0.1, 0.15) is 10.4 Å². The average Bonchev–Trinajstić information content (AvgIpc) is 2.82. The van der Waals surface area contributed by atoms with Crippen molar-refractivity contribution in [1.82, 2.24) is 10.6 Å². The molecule has 0 atom stereocenters. The molecule has 0 radical (unpaired) electrons. The maximum atomic E-state index is 12.2. The molecule has 23 heavy (non-hydrogen) atoms. The number of aliphatic carboxylic acids is 1. The summed E-state index contributed by atoms with van der Waals surface area (Å²) in [5, 5.41) is 14.8. The molecule has 2 aromatic rings. The van der Waals surface area contributed by atoms with E-state index in [4.69, 9.17) is 16.7 Å². The lowest BCUT2D eigenvalue weighted by atomic mass is 10.1. The van der Waals surface area contributed by atoms with Gasteiger partial charge in [-0.25, -0.2) is 4.79 Å². The number of amides is 2. The third-order valence-electron chi connectivity index (χ3n) is 3.14. The van der Waals surface area contributed by atoms with Crippen LogP contribution in [0.25, 0.3) is 10.1 Å². The molecule has 3 N–H and O–H groups in total. The Kier molecular flexibility index (Phi) is 4.91. The highest BCUT2D eigenvalue weighted by Crippen LogP contribution is 2.34. The van der Waals surface area contributed by atoms with E-state index in [1.807, 2.05) is 24.3 Å². The Balaban J connectivity index is 2.03. The predicted molar refractivity (Wildman–Crippen MR) is 89.0 cm³/mol. The molecule has 1 heterocycles. The summed E-state index contributed by atoms with van der Waals surface area (Å²) >= 11 is 7.42. The molecular weight excluding hydrogens is 340 g/mol. The Morgan fingerprint density at radius 2 is 1.91 bits per heavy atom. The molecule has 0 aliphatic rings. The lowest BCUT2D eigenvalue weighted by molar-refractivity contribution is -0.145. The number of hydrogen-bond acceptors (Lipinski definition) is 4.